The molecule has 0 bridgehead atoms. The minimum atomic E-state index is -0.467. The molecule has 7 heteroatoms. The Morgan fingerprint density at radius 1 is 1.12 bits per heavy atom. The zero-order chi connectivity index (χ0) is 18.0. The van der Waals surface area contributed by atoms with Crippen molar-refractivity contribution < 1.29 is 9.53 Å². The molecule has 1 amide bonds. The Balaban J connectivity index is 1.71. The lowest BCUT2D eigenvalue weighted by molar-refractivity contribution is 0.0240. The number of anilines is 1. The molecule has 134 valence electrons. The highest BCUT2D eigenvalue weighted by Crippen LogP contribution is 2.22. The Kier molecular flexibility index (Phi) is 4.65. The minimum absolute atomic E-state index is 0.244. The van der Waals surface area contributed by atoms with E-state index in [1.165, 1.54) is 0 Å². The van der Waals surface area contributed by atoms with Crippen molar-refractivity contribution in [2.24, 2.45) is 0 Å². The number of carbonyl (C=O) groups is 1. The van der Waals surface area contributed by atoms with Gasteiger partial charge in [-0.3, -0.25) is 4.98 Å². The maximum atomic E-state index is 12.2. The van der Waals surface area contributed by atoms with Crippen LogP contribution in [0, 0.1) is 6.92 Å². The second-order valence-corrected chi connectivity index (χ2v) is 7.22. The maximum absolute atomic E-state index is 12.2. The lowest BCUT2D eigenvalue weighted by Gasteiger charge is -2.36. The quantitative estimate of drug-likeness (QED) is 0.839. The number of piperazine rings is 1. The molecule has 0 saturated carbocycles. The van der Waals surface area contributed by atoms with Gasteiger partial charge in [-0.25, -0.2) is 9.48 Å². The summed E-state index contributed by atoms with van der Waals surface area (Å²) in [7, 11) is 0. The number of aromatic nitrogens is 3. The summed E-state index contributed by atoms with van der Waals surface area (Å²) in [6.07, 6.45) is 3.28. The summed E-state index contributed by atoms with van der Waals surface area (Å²) >= 11 is 0. The van der Waals surface area contributed by atoms with Crippen molar-refractivity contribution in [1.82, 2.24) is 19.7 Å². The summed E-state index contributed by atoms with van der Waals surface area (Å²) in [6, 6.07) is 5.95. The highest BCUT2D eigenvalue weighted by Gasteiger charge is 2.27. The maximum Gasteiger partial charge on any atom is 0.410 e. The highest BCUT2D eigenvalue weighted by atomic mass is 16.6. The number of hydrogen-bond donors (Lipinski definition) is 0. The van der Waals surface area contributed by atoms with Gasteiger partial charge in [-0.2, -0.15) is 5.10 Å². The van der Waals surface area contributed by atoms with Gasteiger partial charge in [0.15, 0.2) is 0 Å². The molecule has 1 saturated heterocycles. The van der Waals surface area contributed by atoms with Gasteiger partial charge in [0, 0.05) is 44.6 Å². The topological polar surface area (TPSA) is 63.5 Å². The van der Waals surface area contributed by atoms with Crippen molar-refractivity contribution in [3.8, 4) is 5.69 Å². The van der Waals surface area contributed by atoms with Crippen molar-refractivity contribution in [3.63, 3.8) is 0 Å². The SMILES string of the molecule is Cc1cc(N2CCN(C(=O)OC(C)(C)C)CC2)n(-c2ccncc2)n1. The largest absolute Gasteiger partial charge is 0.444 e. The molecule has 25 heavy (non-hydrogen) atoms. The fourth-order valence-corrected chi connectivity index (χ4v) is 2.83. The molecule has 0 aromatic carbocycles. The molecule has 0 unspecified atom stereocenters. The van der Waals surface area contributed by atoms with Crippen molar-refractivity contribution in [2.75, 3.05) is 31.1 Å². The van der Waals surface area contributed by atoms with Gasteiger partial charge >= 0.3 is 6.09 Å². The Morgan fingerprint density at radius 3 is 2.36 bits per heavy atom. The summed E-state index contributed by atoms with van der Waals surface area (Å²) in [6.45, 7) is 10.4. The summed E-state index contributed by atoms with van der Waals surface area (Å²) in [5, 5.41) is 4.60. The van der Waals surface area contributed by atoms with E-state index in [0.29, 0.717) is 13.1 Å². The number of rotatable bonds is 2. The molecule has 3 heterocycles. The normalized spacial score (nSPS) is 15.4. The third-order valence-corrected chi connectivity index (χ3v) is 3.98. The van der Waals surface area contributed by atoms with Gasteiger partial charge in [0.25, 0.3) is 0 Å². The van der Waals surface area contributed by atoms with E-state index in [0.717, 1.165) is 30.3 Å². The van der Waals surface area contributed by atoms with E-state index in [1.807, 2.05) is 44.5 Å². The molecular weight excluding hydrogens is 318 g/mol. The van der Waals surface area contributed by atoms with Crippen LogP contribution in [0.4, 0.5) is 10.6 Å². The highest BCUT2D eigenvalue weighted by molar-refractivity contribution is 5.68. The Bertz CT molecular complexity index is 728. The van der Waals surface area contributed by atoms with Gasteiger partial charge < -0.3 is 14.5 Å². The van der Waals surface area contributed by atoms with Crippen LogP contribution in [0.15, 0.2) is 30.6 Å². The first kappa shape index (κ1) is 17.3. The summed E-state index contributed by atoms with van der Waals surface area (Å²) < 4.78 is 7.39. The molecule has 7 nitrogen and oxygen atoms in total. The van der Waals surface area contributed by atoms with Crippen molar-refractivity contribution in [1.29, 1.82) is 0 Å². The van der Waals surface area contributed by atoms with E-state index in [2.05, 4.69) is 21.0 Å². The van der Waals surface area contributed by atoms with Crippen LogP contribution < -0.4 is 4.90 Å². The summed E-state index contributed by atoms with van der Waals surface area (Å²) in [5.41, 5.74) is 1.47. The number of carbonyl (C=O) groups excluding carboxylic acids is 1. The molecule has 0 spiro atoms. The molecular formula is C18H25N5O2. The molecule has 3 rings (SSSR count). The van der Waals surface area contributed by atoms with Gasteiger partial charge in [0.1, 0.15) is 11.4 Å². The molecule has 1 aliphatic heterocycles. The van der Waals surface area contributed by atoms with E-state index in [-0.39, 0.29) is 6.09 Å². The number of hydrogen-bond acceptors (Lipinski definition) is 5. The number of pyridine rings is 1. The minimum Gasteiger partial charge on any atom is -0.444 e. The Morgan fingerprint density at radius 2 is 1.76 bits per heavy atom. The summed E-state index contributed by atoms with van der Waals surface area (Å²) in [5.74, 6) is 1.03. The van der Waals surface area contributed by atoms with Crippen molar-refractivity contribution >= 4 is 11.9 Å². The van der Waals surface area contributed by atoms with E-state index in [9.17, 15) is 4.79 Å². The van der Waals surface area contributed by atoms with Crippen LogP contribution in [-0.4, -0.2) is 57.5 Å². The van der Waals surface area contributed by atoms with Crippen LogP contribution in [0.3, 0.4) is 0 Å². The average molecular weight is 343 g/mol. The molecule has 2 aromatic rings. The lowest BCUT2D eigenvalue weighted by Crippen LogP contribution is -2.50. The van der Waals surface area contributed by atoms with Crippen LogP contribution in [0.25, 0.3) is 5.69 Å². The smallest absolute Gasteiger partial charge is 0.410 e. The van der Waals surface area contributed by atoms with Crippen LogP contribution in [0.2, 0.25) is 0 Å². The van der Waals surface area contributed by atoms with E-state index >= 15 is 0 Å². The fourth-order valence-electron chi connectivity index (χ4n) is 2.83. The van der Waals surface area contributed by atoms with Gasteiger partial charge in [-0.1, -0.05) is 0 Å². The molecule has 1 aliphatic rings. The standard InChI is InChI=1S/C18H25N5O2/c1-14-13-16(23(20-14)15-5-7-19-8-6-15)21-9-11-22(12-10-21)17(24)25-18(2,3)4/h5-8,13H,9-12H2,1-4H3. The molecule has 0 atom stereocenters. The first-order chi connectivity index (χ1) is 11.8. The van der Waals surface area contributed by atoms with Crippen LogP contribution in [0.1, 0.15) is 26.5 Å². The number of nitrogens with zero attached hydrogens (tertiary/aromatic N) is 5. The average Bonchev–Trinajstić information content (AvgIpc) is 2.96. The zero-order valence-corrected chi connectivity index (χ0v) is 15.3. The van der Waals surface area contributed by atoms with Crippen LogP contribution in [0.5, 0.6) is 0 Å². The van der Waals surface area contributed by atoms with Gasteiger partial charge in [0.2, 0.25) is 0 Å². The zero-order valence-electron chi connectivity index (χ0n) is 15.3. The predicted octanol–water partition coefficient (Wildman–Crippen LogP) is 2.63. The molecule has 2 aromatic heterocycles. The first-order valence-electron chi connectivity index (χ1n) is 8.53. The number of ether oxygens (including phenoxy) is 1. The molecule has 0 radical (unpaired) electrons. The second kappa shape index (κ2) is 6.74. The third-order valence-electron chi connectivity index (χ3n) is 3.98. The van der Waals surface area contributed by atoms with Crippen molar-refractivity contribution in [3.05, 3.63) is 36.3 Å². The number of amides is 1. The summed E-state index contributed by atoms with van der Waals surface area (Å²) in [4.78, 5) is 20.3. The van der Waals surface area contributed by atoms with E-state index in [1.54, 1.807) is 17.3 Å². The number of aryl methyl sites for hydroxylation is 1. The first-order valence-corrected chi connectivity index (χ1v) is 8.53. The van der Waals surface area contributed by atoms with E-state index in [4.69, 9.17) is 4.74 Å². The van der Waals surface area contributed by atoms with Gasteiger partial charge in [0.05, 0.1) is 11.4 Å². The van der Waals surface area contributed by atoms with Gasteiger partial charge in [-0.15, -0.1) is 0 Å². The molecule has 0 aliphatic carbocycles. The lowest BCUT2D eigenvalue weighted by atomic mass is 10.2. The van der Waals surface area contributed by atoms with Crippen LogP contribution >= 0.6 is 0 Å². The van der Waals surface area contributed by atoms with Crippen molar-refractivity contribution in [2.45, 2.75) is 33.3 Å². The second-order valence-electron chi connectivity index (χ2n) is 7.22. The monoisotopic (exact) mass is 343 g/mol. The van der Waals surface area contributed by atoms with Gasteiger partial charge in [-0.05, 0) is 39.8 Å². The van der Waals surface area contributed by atoms with E-state index < -0.39 is 5.60 Å². The molecule has 1 fully saturated rings. The molecule has 0 N–H and O–H groups in total. The fraction of sp³-hybridized carbons (Fsp3) is 0.500. The Labute approximate surface area is 148 Å². The van der Waals surface area contributed by atoms with Crippen LogP contribution in [-0.2, 0) is 4.74 Å². The third kappa shape index (κ3) is 4.10. The Hall–Kier alpha value is -2.57. The predicted molar refractivity (Wildman–Crippen MR) is 96.1 cm³/mol.